The first-order chi connectivity index (χ1) is 15.1. The summed E-state index contributed by atoms with van der Waals surface area (Å²) in [5, 5.41) is 2.73. The van der Waals surface area contributed by atoms with Gasteiger partial charge in [-0.25, -0.2) is 13.2 Å². The summed E-state index contributed by atoms with van der Waals surface area (Å²) in [6, 6.07) is 23.8. The lowest BCUT2D eigenvalue weighted by Crippen LogP contribution is -1.94. The minimum absolute atomic E-state index is 0.373. The van der Waals surface area contributed by atoms with Crippen LogP contribution < -0.4 is 4.74 Å². The van der Waals surface area contributed by atoms with Crippen molar-refractivity contribution in [2.24, 2.45) is 0 Å². The van der Waals surface area contributed by atoms with Gasteiger partial charge in [-0.1, -0.05) is 54.6 Å². The molecule has 0 aromatic heterocycles. The Kier molecular flexibility index (Phi) is 4.63. The average molecular weight is 414 g/mol. The third kappa shape index (κ3) is 3.12. The molecule has 5 aromatic carbocycles. The summed E-state index contributed by atoms with van der Waals surface area (Å²) in [5.74, 6) is -1.60. The molecule has 0 radical (unpaired) electrons. The zero-order chi connectivity index (χ0) is 21.5. The Labute approximate surface area is 177 Å². The monoisotopic (exact) mass is 414 g/mol. The van der Waals surface area contributed by atoms with Crippen LogP contribution in [0.25, 0.3) is 43.8 Å². The summed E-state index contributed by atoms with van der Waals surface area (Å²) in [5.41, 5.74) is 2.75. The maximum Gasteiger partial charge on any atom is 0.159 e. The molecule has 0 saturated carbocycles. The molecule has 0 amide bonds. The molecule has 0 atom stereocenters. The highest BCUT2D eigenvalue weighted by atomic mass is 19.2. The quantitative estimate of drug-likeness (QED) is 0.274. The van der Waals surface area contributed by atoms with Crippen molar-refractivity contribution in [1.82, 2.24) is 0 Å². The third-order valence-electron chi connectivity index (χ3n) is 5.59. The van der Waals surface area contributed by atoms with Crippen molar-refractivity contribution in [2.75, 3.05) is 7.11 Å². The number of fused-ring (bicyclic) bond motifs is 2. The lowest BCUT2D eigenvalue weighted by Gasteiger charge is -2.18. The Balaban J connectivity index is 1.96. The van der Waals surface area contributed by atoms with Crippen molar-refractivity contribution in [2.45, 2.75) is 0 Å². The third-order valence-corrected chi connectivity index (χ3v) is 5.59. The van der Waals surface area contributed by atoms with Gasteiger partial charge in [-0.2, -0.15) is 0 Å². The van der Waals surface area contributed by atoms with Gasteiger partial charge in [-0.15, -0.1) is 0 Å². The van der Waals surface area contributed by atoms with E-state index in [-0.39, 0.29) is 0 Å². The van der Waals surface area contributed by atoms with Gasteiger partial charge in [0.2, 0.25) is 0 Å². The standard InChI is InChI=1S/C27H17F3O/c1-31-18-12-9-16(10-13-18)25-19-5-2-3-6-20(19)26(17-11-14-22(28)24(30)15-17)27-21(25)7-4-8-23(27)29/h2-15H,1H3. The number of methoxy groups -OCH3 is 1. The molecular weight excluding hydrogens is 397 g/mol. The summed E-state index contributed by atoms with van der Waals surface area (Å²) in [6.07, 6.45) is 0. The van der Waals surface area contributed by atoms with Crippen LogP contribution in [-0.4, -0.2) is 7.11 Å². The van der Waals surface area contributed by atoms with E-state index in [0.29, 0.717) is 21.9 Å². The summed E-state index contributed by atoms with van der Waals surface area (Å²) in [4.78, 5) is 0. The van der Waals surface area contributed by atoms with Crippen molar-refractivity contribution in [3.05, 3.63) is 102 Å². The average Bonchev–Trinajstić information content (AvgIpc) is 2.80. The molecule has 0 saturated heterocycles. The first-order valence-corrected chi connectivity index (χ1v) is 9.81. The Hall–Kier alpha value is -3.79. The molecule has 0 aliphatic heterocycles. The number of rotatable bonds is 3. The molecular formula is C27H17F3O. The Morgan fingerprint density at radius 2 is 1.19 bits per heavy atom. The molecule has 0 fully saturated rings. The second kappa shape index (κ2) is 7.47. The summed E-state index contributed by atoms with van der Waals surface area (Å²) in [6.45, 7) is 0. The minimum Gasteiger partial charge on any atom is -0.497 e. The fraction of sp³-hybridized carbons (Fsp3) is 0.0370. The van der Waals surface area contributed by atoms with Gasteiger partial charge in [0, 0.05) is 10.9 Å². The highest BCUT2D eigenvalue weighted by Crippen LogP contribution is 2.44. The highest BCUT2D eigenvalue weighted by Gasteiger charge is 2.19. The van der Waals surface area contributed by atoms with Crippen molar-refractivity contribution in [3.63, 3.8) is 0 Å². The van der Waals surface area contributed by atoms with Gasteiger partial charge in [0.05, 0.1) is 7.11 Å². The Bertz CT molecular complexity index is 1440. The van der Waals surface area contributed by atoms with Gasteiger partial charge in [0.1, 0.15) is 11.6 Å². The molecule has 31 heavy (non-hydrogen) atoms. The van der Waals surface area contributed by atoms with Crippen LogP contribution in [0.3, 0.4) is 0 Å². The van der Waals surface area contributed by atoms with E-state index in [1.165, 1.54) is 12.1 Å². The van der Waals surface area contributed by atoms with Crippen LogP contribution in [0, 0.1) is 17.5 Å². The first-order valence-electron chi connectivity index (χ1n) is 9.81. The maximum atomic E-state index is 15.3. The van der Waals surface area contributed by atoms with Crippen LogP contribution in [-0.2, 0) is 0 Å². The van der Waals surface area contributed by atoms with Crippen molar-refractivity contribution >= 4 is 21.5 Å². The second-order valence-corrected chi connectivity index (χ2v) is 7.32. The van der Waals surface area contributed by atoms with Crippen LogP contribution in [0.4, 0.5) is 13.2 Å². The molecule has 152 valence electrons. The van der Waals surface area contributed by atoms with E-state index in [1.54, 1.807) is 13.2 Å². The van der Waals surface area contributed by atoms with Crippen molar-refractivity contribution < 1.29 is 17.9 Å². The predicted molar refractivity (Wildman–Crippen MR) is 119 cm³/mol. The fourth-order valence-electron chi connectivity index (χ4n) is 4.21. The van der Waals surface area contributed by atoms with Crippen LogP contribution >= 0.6 is 0 Å². The molecule has 0 spiro atoms. The van der Waals surface area contributed by atoms with E-state index in [9.17, 15) is 8.78 Å². The van der Waals surface area contributed by atoms with E-state index >= 15 is 4.39 Å². The molecule has 5 aromatic rings. The fourth-order valence-corrected chi connectivity index (χ4v) is 4.21. The molecule has 0 N–H and O–H groups in total. The van der Waals surface area contributed by atoms with E-state index in [1.807, 2.05) is 54.6 Å². The zero-order valence-electron chi connectivity index (χ0n) is 16.6. The molecule has 5 rings (SSSR count). The lowest BCUT2D eigenvalue weighted by atomic mass is 9.86. The lowest BCUT2D eigenvalue weighted by molar-refractivity contribution is 0.415. The van der Waals surface area contributed by atoms with E-state index in [0.717, 1.165) is 39.8 Å². The minimum atomic E-state index is -0.967. The Morgan fingerprint density at radius 3 is 1.87 bits per heavy atom. The van der Waals surface area contributed by atoms with Crippen molar-refractivity contribution in [1.29, 1.82) is 0 Å². The normalized spacial score (nSPS) is 11.2. The molecule has 4 heteroatoms. The topological polar surface area (TPSA) is 9.23 Å². The van der Waals surface area contributed by atoms with Gasteiger partial charge in [-0.3, -0.25) is 0 Å². The van der Waals surface area contributed by atoms with Gasteiger partial charge in [0.25, 0.3) is 0 Å². The van der Waals surface area contributed by atoms with Crippen LogP contribution in [0.15, 0.2) is 84.9 Å². The van der Waals surface area contributed by atoms with E-state index in [2.05, 4.69) is 0 Å². The molecule has 0 bridgehead atoms. The molecule has 0 aliphatic carbocycles. The van der Waals surface area contributed by atoms with E-state index in [4.69, 9.17) is 4.74 Å². The van der Waals surface area contributed by atoms with Gasteiger partial charge in [0.15, 0.2) is 11.6 Å². The number of hydrogen-bond acceptors (Lipinski definition) is 1. The smallest absolute Gasteiger partial charge is 0.159 e. The van der Waals surface area contributed by atoms with Crippen LogP contribution in [0.1, 0.15) is 0 Å². The van der Waals surface area contributed by atoms with Crippen molar-refractivity contribution in [3.8, 4) is 28.0 Å². The van der Waals surface area contributed by atoms with Crippen LogP contribution in [0.5, 0.6) is 5.75 Å². The summed E-state index contributed by atoms with van der Waals surface area (Å²) in [7, 11) is 1.60. The second-order valence-electron chi connectivity index (χ2n) is 7.32. The number of ether oxygens (including phenoxy) is 1. The zero-order valence-corrected chi connectivity index (χ0v) is 16.6. The molecule has 0 heterocycles. The number of hydrogen-bond donors (Lipinski definition) is 0. The predicted octanol–water partition coefficient (Wildman–Crippen LogP) is 7.75. The van der Waals surface area contributed by atoms with Gasteiger partial charge in [-0.05, 0) is 63.2 Å². The van der Waals surface area contributed by atoms with Crippen LogP contribution in [0.2, 0.25) is 0 Å². The highest BCUT2D eigenvalue weighted by molar-refractivity contribution is 6.21. The molecule has 1 nitrogen and oxygen atoms in total. The van der Waals surface area contributed by atoms with E-state index < -0.39 is 17.5 Å². The SMILES string of the molecule is COc1ccc(-c2c3ccccc3c(-c3ccc(F)c(F)c3)c3c(F)cccc23)cc1. The summed E-state index contributed by atoms with van der Waals surface area (Å²) < 4.78 is 48.2. The first kappa shape index (κ1) is 19.2. The number of benzene rings is 5. The largest absolute Gasteiger partial charge is 0.497 e. The molecule has 0 unspecified atom stereocenters. The molecule has 0 aliphatic rings. The summed E-state index contributed by atoms with van der Waals surface area (Å²) >= 11 is 0. The number of halogens is 3. The maximum absolute atomic E-state index is 15.3. The van der Waals surface area contributed by atoms with Gasteiger partial charge < -0.3 is 4.74 Å². The Morgan fingerprint density at radius 1 is 0.548 bits per heavy atom. The van der Waals surface area contributed by atoms with Gasteiger partial charge >= 0.3 is 0 Å².